The lowest BCUT2D eigenvalue weighted by Gasteiger charge is -2.43. The Kier molecular flexibility index (Phi) is 3.85. The molecule has 0 amide bonds. The molecule has 0 saturated carbocycles. The zero-order valence-electron chi connectivity index (χ0n) is 10.8. The van der Waals surface area contributed by atoms with Gasteiger partial charge < -0.3 is 5.32 Å². The number of halogens is 3. The molecule has 1 aliphatic heterocycles. The second-order valence-electron chi connectivity index (χ2n) is 5.32. The molecule has 1 fully saturated rings. The number of rotatable bonds is 3. The van der Waals surface area contributed by atoms with E-state index < -0.39 is 0 Å². The van der Waals surface area contributed by atoms with Crippen LogP contribution in [-0.2, 0) is 11.8 Å². The predicted octanol–water partition coefficient (Wildman–Crippen LogP) is 4.33. The van der Waals surface area contributed by atoms with Gasteiger partial charge in [-0.25, -0.2) is 4.39 Å². The summed E-state index contributed by atoms with van der Waals surface area (Å²) in [7, 11) is 0. The summed E-state index contributed by atoms with van der Waals surface area (Å²) < 4.78 is 13.8. The number of hydrogen-bond acceptors (Lipinski definition) is 1. The second kappa shape index (κ2) is 5.47. The van der Waals surface area contributed by atoms with E-state index in [1.165, 1.54) is 11.6 Å². The summed E-state index contributed by atoms with van der Waals surface area (Å²) in [6.45, 7) is 1.87. The summed E-state index contributed by atoms with van der Waals surface area (Å²) in [4.78, 5) is 0. The quantitative estimate of drug-likeness (QED) is 0.865. The maximum Gasteiger partial charge on any atom is 0.137 e. The van der Waals surface area contributed by atoms with Gasteiger partial charge in [0.15, 0.2) is 0 Å². The van der Waals surface area contributed by atoms with Crippen LogP contribution in [-0.4, -0.2) is 13.1 Å². The molecule has 1 heterocycles. The summed E-state index contributed by atoms with van der Waals surface area (Å²) >= 11 is 9.21. The maximum atomic E-state index is 13.3. The molecular formula is C16H14BrClFN. The average Bonchev–Trinajstić information content (AvgIpc) is 2.39. The number of benzene rings is 2. The molecule has 2 aromatic carbocycles. The number of nitrogens with one attached hydrogen (secondary N) is 1. The van der Waals surface area contributed by atoms with E-state index in [-0.39, 0.29) is 11.2 Å². The monoisotopic (exact) mass is 353 g/mol. The molecule has 0 unspecified atom stereocenters. The summed E-state index contributed by atoms with van der Waals surface area (Å²) in [5.74, 6) is -0.221. The third-order valence-electron chi connectivity index (χ3n) is 3.91. The van der Waals surface area contributed by atoms with E-state index in [1.807, 2.05) is 24.3 Å². The summed E-state index contributed by atoms with van der Waals surface area (Å²) in [5.41, 5.74) is 2.50. The van der Waals surface area contributed by atoms with Crippen molar-refractivity contribution in [3.05, 3.63) is 68.9 Å². The Morgan fingerprint density at radius 2 is 1.85 bits per heavy atom. The minimum absolute atomic E-state index is 0.0852. The average molecular weight is 355 g/mol. The van der Waals surface area contributed by atoms with Gasteiger partial charge in [0.25, 0.3) is 0 Å². The van der Waals surface area contributed by atoms with E-state index in [1.54, 1.807) is 0 Å². The molecule has 0 atom stereocenters. The van der Waals surface area contributed by atoms with Crippen LogP contribution in [0, 0.1) is 5.82 Å². The molecular weight excluding hydrogens is 341 g/mol. The van der Waals surface area contributed by atoms with Crippen LogP contribution < -0.4 is 5.32 Å². The van der Waals surface area contributed by atoms with Gasteiger partial charge in [-0.2, -0.15) is 0 Å². The highest BCUT2D eigenvalue weighted by atomic mass is 79.9. The molecule has 1 saturated heterocycles. The molecule has 2 aromatic rings. The van der Waals surface area contributed by atoms with E-state index in [2.05, 4.69) is 33.4 Å². The smallest absolute Gasteiger partial charge is 0.137 e. The van der Waals surface area contributed by atoms with E-state index in [0.717, 1.165) is 30.1 Å². The van der Waals surface area contributed by atoms with Crippen molar-refractivity contribution in [2.24, 2.45) is 0 Å². The highest BCUT2D eigenvalue weighted by Gasteiger charge is 2.38. The lowest BCUT2D eigenvalue weighted by atomic mass is 9.71. The van der Waals surface area contributed by atoms with E-state index in [0.29, 0.717) is 4.47 Å². The Morgan fingerprint density at radius 1 is 1.15 bits per heavy atom. The molecule has 1 N–H and O–H groups in total. The third kappa shape index (κ3) is 2.62. The molecule has 0 spiro atoms. The van der Waals surface area contributed by atoms with Gasteiger partial charge in [0.2, 0.25) is 0 Å². The van der Waals surface area contributed by atoms with Crippen molar-refractivity contribution >= 4 is 27.5 Å². The zero-order valence-corrected chi connectivity index (χ0v) is 13.1. The topological polar surface area (TPSA) is 12.0 Å². The molecule has 0 bridgehead atoms. The molecule has 3 rings (SSSR count). The summed E-state index contributed by atoms with van der Waals surface area (Å²) in [6.07, 6.45) is 0.889. The Hall–Kier alpha value is -0.900. The first kappa shape index (κ1) is 14.1. The first-order valence-corrected chi connectivity index (χ1v) is 7.67. The van der Waals surface area contributed by atoms with Gasteiger partial charge in [-0.3, -0.25) is 0 Å². The summed E-state index contributed by atoms with van der Waals surface area (Å²) in [5, 5.41) is 4.09. The van der Waals surface area contributed by atoms with Gasteiger partial charge in [0.05, 0.1) is 4.47 Å². The molecule has 1 nitrogen and oxygen atoms in total. The van der Waals surface area contributed by atoms with Crippen molar-refractivity contribution in [3.8, 4) is 0 Å². The SMILES string of the molecule is Fc1ccc(CC2(c3ccc(Cl)cc3)CNC2)cc1Br. The molecule has 1 aliphatic rings. The fourth-order valence-electron chi connectivity index (χ4n) is 2.70. The highest BCUT2D eigenvalue weighted by molar-refractivity contribution is 9.10. The fourth-order valence-corrected chi connectivity index (χ4v) is 3.25. The number of hydrogen-bond donors (Lipinski definition) is 1. The molecule has 104 valence electrons. The minimum atomic E-state index is -0.221. The van der Waals surface area contributed by atoms with Crippen molar-refractivity contribution in [2.75, 3.05) is 13.1 Å². The van der Waals surface area contributed by atoms with Gasteiger partial charge in [-0.1, -0.05) is 29.8 Å². The van der Waals surface area contributed by atoms with Gasteiger partial charge in [-0.15, -0.1) is 0 Å². The standard InChI is InChI=1S/C16H14BrClFN/c17-14-7-11(1-6-15(14)19)8-16(9-20-10-16)12-2-4-13(18)5-3-12/h1-7,20H,8-10H2. The molecule has 0 aliphatic carbocycles. The molecule has 20 heavy (non-hydrogen) atoms. The Morgan fingerprint density at radius 3 is 2.40 bits per heavy atom. The van der Waals surface area contributed by atoms with Crippen LogP contribution in [0.15, 0.2) is 46.9 Å². The van der Waals surface area contributed by atoms with Crippen molar-refractivity contribution in [3.63, 3.8) is 0 Å². The first-order chi connectivity index (χ1) is 9.59. The Balaban J connectivity index is 1.89. The van der Waals surface area contributed by atoms with Gasteiger partial charge in [0.1, 0.15) is 5.82 Å². The lowest BCUT2D eigenvalue weighted by Crippen LogP contribution is -2.58. The normalized spacial score (nSPS) is 16.8. The lowest BCUT2D eigenvalue weighted by molar-refractivity contribution is 0.274. The first-order valence-electron chi connectivity index (χ1n) is 6.50. The zero-order chi connectivity index (χ0) is 14.2. The summed E-state index contributed by atoms with van der Waals surface area (Å²) in [6, 6.07) is 13.3. The Labute approximate surface area is 131 Å². The van der Waals surface area contributed by atoms with Crippen molar-refractivity contribution in [1.29, 1.82) is 0 Å². The predicted molar refractivity (Wildman–Crippen MR) is 83.8 cm³/mol. The van der Waals surface area contributed by atoms with E-state index in [9.17, 15) is 4.39 Å². The second-order valence-corrected chi connectivity index (χ2v) is 6.61. The minimum Gasteiger partial charge on any atom is -0.315 e. The van der Waals surface area contributed by atoms with Crippen molar-refractivity contribution in [2.45, 2.75) is 11.8 Å². The van der Waals surface area contributed by atoms with Crippen LogP contribution in [0.2, 0.25) is 5.02 Å². The Bertz CT molecular complexity index is 623. The van der Waals surface area contributed by atoms with Gasteiger partial charge >= 0.3 is 0 Å². The van der Waals surface area contributed by atoms with Crippen LogP contribution in [0.4, 0.5) is 4.39 Å². The van der Waals surface area contributed by atoms with E-state index in [4.69, 9.17) is 11.6 Å². The van der Waals surface area contributed by atoms with Gasteiger partial charge in [0, 0.05) is 23.5 Å². The van der Waals surface area contributed by atoms with Gasteiger partial charge in [-0.05, 0) is 57.7 Å². The fraction of sp³-hybridized carbons (Fsp3) is 0.250. The third-order valence-corrected chi connectivity index (χ3v) is 4.77. The van der Waals surface area contributed by atoms with Crippen LogP contribution in [0.1, 0.15) is 11.1 Å². The van der Waals surface area contributed by atoms with E-state index >= 15 is 0 Å². The van der Waals surface area contributed by atoms with Crippen LogP contribution in [0.3, 0.4) is 0 Å². The van der Waals surface area contributed by atoms with Crippen molar-refractivity contribution in [1.82, 2.24) is 5.32 Å². The molecule has 0 aromatic heterocycles. The van der Waals surface area contributed by atoms with Crippen LogP contribution >= 0.6 is 27.5 Å². The van der Waals surface area contributed by atoms with Crippen LogP contribution in [0.25, 0.3) is 0 Å². The molecule has 4 heteroatoms. The molecule has 0 radical (unpaired) electrons. The van der Waals surface area contributed by atoms with Crippen LogP contribution in [0.5, 0.6) is 0 Å². The van der Waals surface area contributed by atoms with Crippen molar-refractivity contribution < 1.29 is 4.39 Å². The largest absolute Gasteiger partial charge is 0.315 e. The highest BCUT2D eigenvalue weighted by Crippen LogP contribution is 2.34. The maximum absolute atomic E-state index is 13.3.